The van der Waals surface area contributed by atoms with Gasteiger partial charge < -0.3 is 8.97 Å². The van der Waals surface area contributed by atoms with Crippen LogP contribution in [0.3, 0.4) is 0 Å². The molecule has 11 rings (SSSR count). The first-order chi connectivity index (χ1) is 20.9. The van der Waals surface area contributed by atoms with Crippen molar-refractivity contribution in [2.24, 2.45) is 0 Å². The predicted octanol–water partition coefficient (Wildman–Crippen LogP) is 9.52. The van der Waals surface area contributed by atoms with Gasteiger partial charge in [-0.05, 0) is 36.4 Å². The quantitative estimate of drug-likeness (QED) is 0.211. The summed E-state index contributed by atoms with van der Waals surface area (Å²) in [5.41, 5.74) is 11.7. The summed E-state index contributed by atoms with van der Waals surface area (Å²) in [5, 5.41) is 10.2. The van der Waals surface area contributed by atoms with Gasteiger partial charge in [-0.25, -0.2) is 0 Å². The van der Waals surface area contributed by atoms with Gasteiger partial charge in [-0.1, -0.05) is 72.8 Å². The summed E-state index contributed by atoms with van der Waals surface area (Å²) < 4.78 is 4.98. The van der Waals surface area contributed by atoms with E-state index in [9.17, 15) is 0 Å². The zero-order chi connectivity index (χ0) is 27.1. The van der Waals surface area contributed by atoms with Crippen LogP contribution in [0.5, 0.6) is 0 Å². The monoisotopic (exact) mass is 532 g/mol. The fourth-order valence-electron chi connectivity index (χ4n) is 7.92. The van der Waals surface area contributed by atoms with Crippen molar-refractivity contribution < 1.29 is 0 Å². The Morgan fingerprint density at radius 1 is 0.429 bits per heavy atom. The summed E-state index contributed by atoms with van der Waals surface area (Å²) >= 11 is 0. The van der Waals surface area contributed by atoms with Crippen LogP contribution < -0.4 is 0 Å². The Morgan fingerprint density at radius 2 is 1.02 bits per heavy atom. The lowest BCUT2D eigenvalue weighted by atomic mass is 10.0. The molecule has 0 spiro atoms. The molecule has 0 bridgehead atoms. The number of hydrogen-bond donors (Lipinski definition) is 0. The second-order valence-electron chi connectivity index (χ2n) is 11.4. The number of para-hydroxylation sites is 3. The van der Waals surface area contributed by atoms with Crippen LogP contribution in [0.15, 0.2) is 122 Å². The smallest absolute Gasteiger partial charge is 0.0971 e. The molecule has 0 unspecified atom stereocenters. The third kappa shape index (κ3) is 2.27. The van der Waals surface area contributed by atoms with E-state index >= 15 is 0 Å². The zero-order valence-electron chi connectivity index (χ0n) is 22.3. The first-order valence-electron chi connectivity index (χ1n) is 14.4. The first kappa shape index (κ1) is 21.1. The maximum Gasteiger partial charge on any atom is 0.0971 e. The van der Waals surface area contributed by atoms with Crippen LogP contribution in [0.2, 0.25) is 0 Å². The first-order valence-corrected chi connectivity index (χ1v) is 14.4. The molecule has 0 radical (unpaired) electrons. The van der Waals surface area contributed by atoms with E-state index < -0.39 is 0 Å². The maximum atomic E-state index is 4.73. The van der Waals surface area contributed by atoms with Gasteiger partial charge in [0.05, 0.1) is 44.7 Å². The van der Waals surface area contributed by atoms with E-state index in [0.717, 1.165) is 22.5 Å². The molecule has 10 aromatic rings. The highest BCUT2D eigenvalue weighted by molar-refractivity contribution is 6.34. The van der Waals surface area contributed by atoms with Gasteiger partial charge in [-0.2, -0.15) is 0 Å². The highest BCUT2D eigenvalue weighted by atomic mass is 15.0. The van der Waals surface area contributed by atoms with Crippen LogP contribution in [-0.4, -0.2) is 18.9 Å². The molecule has 1 aliphatic rings. The lowest BCUT2D eigenvalue weighted by molar-refractivity contribution is 1.20. The Labute approximate surface area is 239 Å². The summed E-state index contributed by atoms with van der Waals surface area (Å²) in [4.78, 5) is 9.47. The highest BCUT2D eigenvalue weighted by Gasteiger charge is 2.28. The standard InChI is InChI=1S/C38H20N4/c1-4-13-29-21(8-1)27-20-28-22-9-2-5-14-30(22)42(38(28)34-24-10-3-6-15-31(24)41(29)37(27)34)32-17-16-26-33-23(32)11-7-12-25(33)35-36(26)40-19-18-39-35/h1-20H. The average molecular weight is 533 g/mol. The Morgan fingerprint density at radius 3 is 1.81 bits per heavy atom. The zero-order valence-corrected chi connectivity index (χ0v) is 22.3. The van der Waals surface area contributed by atoms with Crippen molar-refractivity contribution in [1.29, 1.82) is 0 Å². The van der Waals surface area contributed by atoms with Crippen LogP contribution >= 0.6 is 0 Å². The fraction of sp³-hybridized carbons (Fsp3) is 0. The molecule has 0 aliphatic heterocycles. The second kappa shape index (κ2) is 7.12. The molecule has 4 heteroatoms. The third-order valence-electron chi connectivity index (χ3n) is 9.47. The molecule has 192 valence electrons. The molecule has 0 N–H and O–H groups in total. The number of benzene rings is 6. The SMILES string of the molecule is c1cc2c3c(ccc(-n4c5ccccc5c5cc6c7ccccc7n7c8ccccc8c(c54)c67)c3c1)-c1nccnc1-2. The molecule has 4 heterocycles. The summed E-state index contributed by atoms with van der Waals surface area (Å²) in [6.07, 6.45) is 3.59. The van der Waals surface area contributed by atoms with Gasteiger partial charge in [-0.3, -0.25) is 9.97 Å². The number of fused-ring (bicyclic) bond motifs is 13. The number of aromatic nitrogens is 4. The molecule has 0 saturated carbocycles. The molecule has 0 atom stereocenters. The molecule has 6 aromatic carbocycles. The summed E-state index contributed by atoms with van der Waals surface area (Å²) in [6.45, 7) is 0. The van der Waals surface area contributed by atoms with E-state index in [4.69, 9.17) is 9.97 Å². The minimum atomic E-state index is 0.969. The van der Waals surface area contributed by atoms with Crippen LogP contribution in [-0.2, 0) is 0 Å². The lowest BCUT2D eigenvalue weighted by Crippen LogP contribution is -1.96. The van der Waals surface area contributed by atoms with E-state index in [1.165, 1.54) is 76.4 Å². The van der Waals surface area contributed by atoms with E-state index in [1.54, 1.807) is 12.4 Å². The van der Waals surface area contributed by atoms with Gasteiger partial charge in [0, 0.05) is 66.6 Å². The lowest BCUT2D eigenvalue weighted by Gasteiger charge is -2.14. The van der Waals surface area contributed by atoms with Crippen LogP contribution in [0.4, 0.5) is 0 Å². The maximum absolute atomic E-state index is 4.73. The van der Waals surface area contributed by atoms with Crippen molar-refractivity contribution in [3.05, 3.63) is 122 Å². The van der Waals surface area contributed by atoms with Gasteiger partial charge in [0.15, 0.2) is 0 Å². The molecule has 0 saturated heterocycles. The van der Waals surface area contributed by atoms with Gasteiger partial charge in [0.2, 0.25) is 0 Å². The molecular weight excluding hydrogens is 512 g/mol. The van der Waals surface area contributed by atoms with Crippen molar-refractivity contribution in [2.75, 3.05) is 0 Å². The minimum Gasteiger partial charge on any atom is -0.308 e. The summed E-state index contributed by atoms with van der Waals surface area (Å²) in [5.74, 6) is 0. The Hall–Kier alpha value is -5.74. The van der Waals surface area contributed by atoms with Gasteiger partial charge >= 0.3 is 0 Å². The normalized spacial score (nSPS) is 12.8. The third-order valence-corrected chi connectivity index (χ3v) is 9.47. The molecule has 1 aliphatic carbocycles. The molecule has 4 nitrogen and oxygen atoms in total. The van der Waals surface area contributed by atoms with Crippen molar-refractivity contribution in [3.63, 3.8) is 0 Å². The number of hydrogen-bond acceptors (Lipinski definition) is 2. The van der Waals surface area contributed by atoms with Crippen LogP contribution in [0.1, 0.15) is 0 Å². The van der Waals surface area contributed by atoms with Gasteiger partial charge in [0.1, 0.15) is 0 Å². The number of nitrogens with zero attached hydrogens (tertiary/aromatic N) is 4. The Bertz CT molecular complexity index is 2770. The predicted molar refractivity (Wildman–Crippen MR) is 173 cm³/mol. The fourth-order valence-corrected chi connectivity index (χ4v) is 7.92. The van der Waals surface area contributed by atoms with Crippen molar-refractivity contribution >= 4 is 70.7 Å². The van der Waals surface area contributed by atoms with Crippen molar-refractivity contribution in [3.8, 4) is 28.2 Å². The largest absolute Gasteiger partial charge is 0.308 e. The second-order valence-corrected chi connectivity index (χ2v) is 11.4. The van der Waals surface area contributed by atoms with E-state index in [-0.39, 0.29) is 0 Å². The Kier molecular flexibility index (Phi) is 3.57. The van der Waals surface area contributed by atoms with Gasteiger partial charge in [0.25, 0.3) is 0 Å². The molecule has 0 amide bonds. The Balaban J connectivity index is 1.41. The summed E-state index contributed by atoms with van der Waals surface area (Å²) in [6, 6.07) is 40.1. The van der Waals surface area contributed by atoms with E-state index in [0.29, 0.717) is 0 Å². The van der Waals surface area contributed by atoms with Gasteiger partial charge in [-0.15, -0.1) is 0 Å². The molecular formula is C38H20N4. The highest BCUT2D eigenvalue weighted by Crippen LogP contribution is 2.49. The van der Waals surface area contributed by atoms with Crippen LogP contribution in [0.25, 0.3) is 98.9 Å². The van der Waals surface area contributed by atoms with Crippen molar-refractivity contribution in [2.45, 2.75) is 0 Å². The van der Waals surface area contributed by atoms with E-state index in [1.807, 2.05) is 0 Å². The summed E-state index contributed by atoms with van der Waals surface area (Å²) in [7, 11) is 0. The van der Waals surface area contributed by atoms with Crippen molar-refractivity contribution in [1.82, 2.24) is 18.9 Å². The molecule has 42 heavy (non-hydrogen) atoms. The van der Waals surface area contributed by atoms with Crippen LogP contribution in [0, 0.1) is 0 Å². The number of rotatable bonds is 1. The topological polar surface area (TPSA) is 35.1 Å². The van der Waals surface area contributed by atoms with E-state index in [2.05, 4.69) is 118 Å². The minimum absolute atomic E-state index is 0.969. The molecule has 0 fully saturated rings. The molecule has 4 aromatic heterocycles. The average Bonchev–Trinajstić information content (AvgIpc) is 3.77.